The molecule has 96 valence electrons. The van der Waals surface area contributed by atoms with E-state index in [9.17, 15) is 0 Å². The molecular formula is C14H18N2O2. The first-order chi connectivity index (χ1) is 8.74. The van der Waals surface area contributed by atoms with Crippen molar-refractivity contribution < 1.29 is 9.47 Å². The Kier molecular flexibility index (Phi) is 3.87. The van der Waals surface area contributed by atoms with Gasteiger partial charge in [-0.25, -0.2) is 4.99 Å². The SMILES string of the molecule is CCOc1cc2c(cc1OCC)CC(N)=NC=C2. The Balaban J connectivity index is 2.43. The number of nitrogens with zero attached hydrogens (tertiary/aromatic N) is 1. The van der Waals surface area contributed by atoms with Gasteiger partial charge in [0.1, 0.15) is 5.84 Å². The number of benzene rings is 1. The van der Waals surface area contributed by atoms with Crippen molar-refractivity contribution in [3.63, 3.8) is 0 Å². The van der Waals surface area contributed by atoms with Gasteiger partial charge in [0, 0.05) is 12.6 Å². The maximum atomic E-state index is 5.80. The molecule has 2 N–H and O–H groups in total. The highest BCUT2D eigenvalue weighted by molar-refractivity contribution is 5.86. The van der Waals surface area contributed by atoms with Gasteiger partial charge in [-0.05, 0) is 43.2 Å². The van der Waals surface area contributed by atoms with Crippen molar-refractivity contribution in [2.75, 3.05) is 13.2 Å². The second-order valence-corrected chi connectivity index (χ2v) is 3.98. The molecule has 1 aliphatic heterocycles. The largest absolute Gasteiger partial charge is 0.490 e. The minimum Gasteiger partial charge on any atom is -0.490 e. The third-order valence-corrected chi connectivity index (χ3v) is 2.67. The smallest absolute Gasteiger partial charge is 0.161 e. The summed E-state index contributed by atoms with van der Waals surface area (Å²) in [5.74, 6) is 2.14. The lowest BCUT2D eigenvalue weighted by Crippen LogP contribution is -2.14. The molecule has 0 fully saturated rings. The summed E-state index contributed by atoms with van der Waals surface area (Å²) in [7, 11) is 0. The maximum Gasteiger partial charge on any atom is 0.161 e. The van der Waals surface area contributed by atoms with Gasteiger partial charge in [-0.1, -0.05) is 0 Å². The number of nitrogens with two attached hydrogens (primary N) is 1. The molecule has 18 heavy (non-hydrogen) atoms. The first kappa shape index (κ1) is 12.5. The van der Waals surface area contributed by atoms with E-state index in [1.54, 1.807) is 6.20 Å². The molecule has 0 amide bonds. The molecule has 0 radical (unpaired) electrons. The summed E-state index contributed by atoms with van der Waals surface area (Å²) in [5, 5.41) is 0. The van der Waals surface area contributed by atoms with E-state index in [-0.39, 0.29) is 0 Å². The average Bonchev–Trinajstić information content (AvgIpc) is 2.51. The molecule has 1 aliphatic rings. The highest BCUT2D eigenvalue weighted by atomic mass is 16.5. The van der Waals surface area contributed by atoms with Crippen molar-refractivity contribution >= 4 is 11.9 Å². The van der Waals surface area contributed by atoms with Gasteiger partial charge >= 0.3 is 0 Å². The second-order valence-electron chi connectivity index (χ2n) is 3.98. The van der Waals surface area contributed by atoms with E-state index in [2.05, 4.69) is 4.99 Å². The van der Waals surface area contributed by atoms with Gasteiger partial charge in [0.25, 0.3) is 0 Å². The molecule has 1 heterocycles. The van der Waals surface area contributed by atoms with Crippen LogP contribution in [0.4, 0.5) is 0 Å². The number of rotatable bonds is 4. The first-order valence-corrected chi connectivity index (χ1v) is 6.15. The Morgan fingerprint density at radius 1 is 1.17 bits per heavy atom. The minimum atomic E-state index is 0.608. The van der Waals surface area contributed by atoms with Gasteiger partial charge in [0.05, 0.1) is 13.2 Å². The zero-order valence-corrected chi connectivity index (χ0v) is 10.8. The summed E-state index contributed by atoms with van der Waals surface area (Å²) in [5.41, 5.74) is 7.98. The monoisotopic (exact) mass is 246 g/mol. The van der Waals surface area contributed by atoms with E-state index in [0.29, 0.717) is 25.5 Å². The molecule has 2 rings (SSSR count). The standard InChI is InChI=1S/C14H18N2O2/c1-3-17-12-7-10-5-6-16-14(15)9-11(10)8-13(12)18-4-2/h5-8H,3-4,9H2,1-2H3,(H2,15,16). The maximum absolute atomic E-state index is 5.80. The molecule has 4 nitrogen and oxygen atoms in total. The third kappa shape index (κ3) is 2.64. The quantitative estimate of drug-likeness (QED) is 0.887. The molecule has 1 aromatic carbocycles. The van der Waals surface area contributed by atoms with Gasteiger partial charge in [-0.2, -0.15) is 0 Å². The van der Waals surface area contributed by atoms with Crippen molar-refractivity contribution in [1.29, 1.82) is 0 Å². The number of aliphatic imine (C=N–C) groups is 1. The minimum absolute atomic E-state index is 0.608. The number of ether oxygens (including phenoxy) is 2. The van der Waals surface area contributed by atoms with Gasteiger partial charge in [-0.15, -0.1) is 0 Å². The van der Waals surface area contributed by atoms with E-state index in [1.165, 1.54) is 0 Å². The molecule has 0 saturated carbocycles. The summed E-state index contributed by atoms with van der Waals surface area (Å²) in [4.78, 5) is 4.12. The molecule has 1 aromatic rings. The molecule has 0 aliphatic carbocycles. The highest BCUT2D eigenvalue weighted by Gasteiger charge is 2.12. The molecule has 0 bridgehead atoms. The van der Waals surface area contributed by atoms with Crippen molar-refractivity contribution in [3.05, 3.63) is 29.5 Å². The molecular weight excluding hydrogens is 228 g/mol. The summed E-state index contributed by atoms with van der Waals surface area (Å²) in [6.45, 7) is 5.13. The fourth-order valence-corrected chi connectivity index (χ4v) is 1.92. The van der Waals surface area contributed by atoms with Crippen LogP contribution in [0.25, 0.3) is 6.08 Å². The third-order valence-electron chi connectivity index (χ3n) is 2.67. The van der Waals surface area contributed by atoms with Crippen LogP contribution in [0.5, 0.6) is 11.5 Å². The highest BCUT2D eigenvalue weighted by Crippen LogP contribution is 2.32. The zero-order valence-electron chi connectivity index (χ0n) is 10.8. The molecule has 0 unspecified atom stereocenters. The van der Waals surface area contributed by atoms with Crippen LogP contribution in [0.2, 0.25) is 0 Å². The first-order valence-electron chi connectivity index (χ1n) is 6.15. The predicted octanol–water partition coefficient (Wildman–Crippen LogP) is 2.37. The Labute approximate surface area is 107 Å². The van der Waals surface area contributed by atoms with Crippen LogP contribution in [-0.4, -0.2) is 19.0 Å². The van der Waals surface area contributed by atoms with Crippen molar-refractivity contribution in [1.82, 2.24) is 0 Å². The number of hydrogen-bond acceptors (Lipinski definition) is 4. The van der Waals surface area contributed by atoms with E-state index in [1.807, 2.05) is 32.1 Å². The number of fused-ring (bicyclic) bond motifs is 1. The van der Waals surface area contributed by atoms with E-state index >= 15 is 0 Å². The van der Waals surface area contributed by atoms with E-state index in [4.69, 9.17) is 15.2 Å². The molecule has 0 saturated heterocycles. The van der Waals surface area contributed by atoms with Crippen LogP contribution < -0.4 is 15.2 Å². The molecule has 4 heteroatoms. The lowest BCUT2D eigenvalue weighted by atomic mass is 10.0. The second kappa shape index (κ2) is 5.58. The van der Waals surface area contributed by atoms with E-state index in [0.717, 1.165) is 22.6 Å². The van der Waals surface area contributed by atoms with Gasteiger partial charge in [-0.3, -0.25) is 0 Å². The van der Waals surface area contributed by atoms with Crippen molar-refractivity contribution in [3.8, 4) is 11.5 Å². The van der Waals surface area contributed by atoms with Crippen LogP contribution in [-0.2, 0) is 6.42 Å². The normalized spacial score (nSPS) is 13.6. The average molecular weight is 246 g/mol. The summed E-state index contributed by atoms with van der Waals surface area (Å²) < 4.78 is 11.2. The lowest BCUT2D eigenvalue weighted by Gasteiger charge is -2.14. The van der Waals surface area contributed by atoms with Crippen LogP contribution >= 0.6 is 0 Å². The number of amidine groups is 1. The van der Waals surface area contributed by atoms with Gasteiger partial charge in [0.15, 0.2) is 11.5 Å². The number of hydrogen-bond donors (Lipinski definition) is 1. The summed E-state index contributed by atoms with van der Waals surface area (Å²) >= 11 is 0. The van der Waals surface area contributed by atoms with Crippen LogP contribution in [0.1, 0.15) is 25.0 Å². The van der Waals surface area contributed by atoms with Crippen molar-refractivity contribution in [2.45, 2.75) is 20.3 Å². The Bertz CT molecular complexity index is 493. The predicted molar refractivity (Wildman–Crippen MR) is 73.1 cm³/mol. The molecule has 0 spiro atoms. The summed E-state index contributed by atoms with van der Waals surface area (Å²) in [6.07, 6.45) is 4.29. The molecule has 0 atom stereocenters. The summed E-state index contributed by atoms with van der Waals surface area (Å²) in [6, 6.07) is 3.97. The van der Waals surface area contributed by atoms with Crippen LogP contribution in [0, 0.1) is 0 Å². The van der Waals surface area contributed by atoms with Crippen molar-refractivity contribution in [2.24, 2.45) is 10.7 Å². The van der Waals surface area contributed by atoms with Gasteiger partial charge in [0.2, 0.25) is 0 Å². The lowest BCUT2D eigenvalue weighted by molar-refractivity contribution is 0.287. The van der Waals surface area contributed by atoms with Crippen LogP contribution in [0.3, 0.4) is 0 Å². The molecule has 0 aromatic heterocycles. The Hall–Kier alpha value is -1.97. The fraction of sp³-hybridized carbons (Fsp3) is 0.357. The van der Waals surface area contributed by atoms with Gasteiger partial charge < -0.3 is 15.2 Å². The fourth-order valence-electron chi connectivity index (χ4n) is 1.92. The Morgan fingerprint density at radius 2 is 1.83 bits per heavy atom. The topological polar surface area (TPSA) is 56.8 Å². The Morgan fingerprint density at radius 3 is 2.50 bits per heavy atom. The van der Waals surface area contributed by atoms with E-state index < -0.39 is 0 Å². The zero-order chi connectivity index (χ0) is 13.0. The van der Waals surface area contributed by atoms with Crippen LogP contribution in [0.15, 0.2) is 23.3 Å².